The van der Waals surface area contributed by atoms with E-state index in [0.717, 1.165) is 6.42 Å². The summed E-state index contributed by atoms with van der Waals surface area (Å²) in [7, 11) is 1.74. The van der Waals surface area contributed by atoms with Crippen LogP contribution < -0.4 is 0 Å². The highest BCUT2D eigenvalue weighted by molar-refractivity contribution is 4.93. The summed E-state index contributed by atoms with van der Waals surface area (Å²) in [6, 6.07) is 0. The van der Waals surface area contributed by atoms with E-state index in [2.05, 4.69) is 29.3 Å². The second kappa shape index (κ2) is 4.13. The van der Waals surface area contributed by atoms with Gasteiger partial charge in [0.25, 0.3) is 0 Å². The van der Waals surface area contributed by atoms with Gasteiger partial charge in [0.05, 0.1) is 13.2 Å². The molecule has 1 N–H and O–H groups in total. The maximum Gasteiger partial charge on any atom is 0.177 e. The molecule has 1 aromatic rings. The molecule has 0 bridgehead atoms. The fourth-order valence-electron chi connectivity index (χ4n) is 2.80. The lowest BCUT2D eigenvalue weighted by Gasteiger charge is -2.30. The van der Waals surface area contributed by atoms with Gasteiger partial charge in [-0.05, 0) is 29.4 Å². The van der Waals surface area contributed by atoms with E-state index in [4.69, 9.17) is 0 Å². The van der Waals surface area contributed by atoms with E-state index in [0.29, 0.717) is 18.2 Å². The number of aryl methyl sites for hydroxylation is 1. The maximum absolute atomic E-state index is 10.2. The lowest BCUT2D eigenvalue weighted by Crippen LogP contribution is -2.31. The van der Waals surface area contributed by atoms with Crippen molar-refractivity contribution in [3.8, 4) is 0 Å². The smallest absolute Gasteiger partial charge is 0.177 e. The molecule has 2 unspecified atom stereocenters. The molecular formula is C11H20N4O. The zero-order valence-corrected chi connectivity index (χ0v) is 10.2. The van der Waals surface area contributed by atoms with Gasteiger partial charge >= 0.3 is 0 Å². The summed E-state index contributed by atoms with van der Waals surface area (Å²) in [6.07, 6.45) is 3.68. The Hall–Kier alpha value is -0.970. The van der Waals surface area contributed by atoms with Gasteiger partial charge in [0.2, 0.25) is 0 Å². The molecule has 0 spiro atoms. The Morgan fingerprint density at radius 1 is 1.56 bits per heavy atom. The van der Waals surface area contributed by atoms with Crippen LogP contribution in [-0.2, 0) is 13.5 Å². The van der Waals surface area contributed by atoms with Gasteiger partial charge in [0.15, 0.2) is 5.82 Å². The van der Waals surface area contributed by atoms with Crippen LogP contribution in [0.3, 0.4) is 0 Å². The summed E-state index contributed by atoms with van der Waals surface area (Å²) in [4.78, 5) is 1.43. The molecule has 16 heavy (non-hydrogen) atoms. The summed E-state index contributed by atoms with van der Waals surface area (Å²) in [6.45, 7) is 4.47. The lowest BCUT2D eigenvalue weighted by atomic mass is 9.78. The molecule has 1 aromatic heterocycles. The Kier molecular flexibility index (Phi) is 2.97. The van der Waals surface area contributed by atoms with Crippen molar-refractivity contribution in [1.29, 1.82) is 0 Å². The van der Waals surface area contributed by atoms with Crippen LogP contribution >= 0.6 is 0 Å². The Morgan fingerprint density at radius 3 is 2.81 bits per heavy atom. The van der Waals surface area contributed by atoms with E-state index < -0.39 is 0 Å². The molecule has 0 saturated heterocycles. The molecule has 1 aliphatic rings. The van der Waals surface area contributed by atoms with Crippen molar-refractivity contribution < 1.29 is 5.11 Å². The van der Waals surface area contributed by atoms with Crippen LogP contribution in [0.1, 0.15) is 38.9 Å². The molecular weight excluding hydrogens is 204 g/mol. The first kappa shape index (κ1) is 11.5. The molecule has 1 heterocycles. The monoisotopic (exact) mass is 224 g/mol. The van der Waals surface area contributed by atoms with Gasteiger partial charge in [-0.3, -0.25) is 0 Å². The minimum absolute atomic E-state index is 0.238. The summed E-state index contributed by atoms with van der Waals surface area (Å²) < 4.78 is 0. The number of rotatable bonds is 3. The Labute approximate surface area is 95.9 Å². The lowest BCUT2D eigenvalue weighted by molar-refractivity contribution is 0.0528. The van der Waals surface area contributed by atoms with E-state index in [9.17, 15) is 5.11 Å². The van der Waals surface area contributed by atoms with Gasteiger partial charge in [-0.15, -0.1) is 10.2 Å². The van der Waals surface area contributed by atoms with Crippen molar-refractivity contribution in [2.24, 2.45) is 18.4 Å². The van der Waals surface area contributed by atoms with Crippen molar-refractivity contribution in [1.82, 2.24) is 20.2 Å². The summed E-state index contributed by atoms with van der Waals surface area (Å²) >= 11 is 0. The molecule has 1 saturated carbocycles. The zero-order valence-electron chi connectivity index (χ0n) is 10.2. The molecule has 0 aliphatic heterocycles. The Morgan fingerprint density at radius 2 is 2.31 bits per heavy atom. The van der Waals surface area contributed by atoms with Crippen molar-refractivity contribution in [3.63, 3.8) is 0 Å². The van der Waals surface area contributed by atoms with Gasteiger partial charge < -0.3 is 5.11 Å². The SMILES string of the molecule is Cn1nnc(CC(O)C2CCCC2(C)C)n1. The number of aromatic nitrogens is 4. The van der Waals surface area contributed by atoms with E-state index in [1.807, 2.05) is 0 Å². The third kappa shape index (κ3) is 2.24. The third-order valence-electron chi connectivity index (χ3n) is 3.75. The van der Waals surface area contributed by atoms with E-state index in [1.54, 1.807) is 7.05 Å². The molecule has 2 atom stereocenters. The molecule has 5 nitrogen and oxygen atoms in total. The first-order valence-corrected chi connectivity index (χ1v) is 5.90. The highest BCUT2D eigenvalue weighted by Gasteiger charge is 2.39. The summed E-state index contributed by atoms with van der Waals surface area (Å²) in [5.74, 6) is 0.994. The predicted octanol–water partition coefficient (Wildman–Crippen LogP) is 0.940. The molecule has 0 radical (unpaired) electrons. The number of nitrogens with zero attached hydrogens (tertiary/aromatic N) is 4. The molecule has 1 fully saturated rings. The minimum Gasteiger partial charge on any atom is -0.392 e. The fourth-order valence-corrected chi connectivity index (χ4v) is 2.80. The van der Waals surface area contributed by atoms with E-state index in [1.165, 1.54) is 17.6 Å². The Bertz CT molecular complexity index is 361. The van der Waals surface area contributed by atoms with Crippen LogP contribution in [0.15, 0.2) is 0 Å². The van der Waals surface area contributed by atoms with Crippen LogP contribution in [-0.4, -0.2) is 31.4 Å². The zero-order chi connectivity index (χ0) is 11.8. The normalized spacial score (nSPS) is 25.9. The van der Waals surface area contributed by atoms with Gasteiger partial charge in [0.1, 0.15) is 0 Å². The average Bonchev–Trinajstić information content (AvgIpc) is 2.72. The molecule has 5 heteroatoms. The second-order valence-electron chi connectivity index (χ2n) is 5.45. The van der Waals surface area contributed by atoms with Crippen LogP contribution in [0, 0.1) is 11.3 Å². The molecule has 90 valence electrons. The first-order valence-electron chi connectivity index (χ1n) is 5.90. The third-order valence-corrected chi connectivity index (χ3v) is 3.75. The number of aliphatic hydroxyl groups is 1. The van der Waals surface area contributed by atoms with Crippen LogP contribution in [0.4, 0.5) is 0 Å². The summed E-state index contributed by atoms with van der Waals surface area (Å²) in [5, 5.41) is 22.0. The standard InChI is InChI=1S/C11H20N4O/c1-11(2)6-4-5-8(11)9(16)7-10-12-14-15(3)13-10/h8-9,16H,4-7H2,1-3H3. The Balaban J connectivity index is 2.00. The minimum atomic E-state index is -0.346. The van der Waals surface area contributed by atoms with E-state index in [-0.39, 0.29) is 11.5 Å². The second-order valence-corrected chi connectivity index (χ2v) is 5.45. The van der Waals surface area contributed by atoms with Crippen molar-refractivity contribution in [2.45, 2.75) is 45.6 Å². The fraction of sp³-hybridized carbons (Fsp3) is 0.909. The molecule has 2 rings (SSSR count). The van der Waals surface area contributed by atoms with Crippen LogP contribution in [0.25, 0.3) is 0 Å². The average molecular weight is 224 g/mol. The van der Waals surface area contributed by atoms with E-state index >= 15 is 0 Å². The number of hydrogen-bond donors (Lipinski definition) is 1. The maximum atomic E-state index is 10.2. The van der Waals surface area contributed by atoms with Gasteiger partial charge in [0, 0.05) is 6.42 Å². The molecule has 0 aromatic carbocycles. The van der Waals surface area contributed by atoms with Crippen molar-refractivity contribution >= 4 is 0 Å². The number of hydrogen-bond acceptors (Lipinski definition) is 4. The van der Waals surface area contributed by atoms with Crippen molar-refractivity contribution in [2.75, 3.05) is 0 Å². The predicted molar refractivity (Wildman–Crippen MR) is 59.6 cm³/mol. The van der Waals surface area contributed by atoms with Gasteiger partial charge in [-0.2, -0.15) is 4.80 Å². The van der Waals surface area contributed by atoms with Gasteiger partial charge in [-0.25, -0.2) is 0 Å². The largest absolute Gasteiger partial charge is 0.392 e. The highest BCUT2D eigenvalue weighted by Crippen LogP contribution is 2.44. The number of aliphatic hydroxyl groups excluding tert-OH is 1. The quantitative estimate of drug-likeness (QED) is 0.830. The van der Waals surface area contributed by atoms with Crippen LogP contribution in [0.2, 0.25) is 0 Å². The topological polar surface area (TPSA) is 63.8 Å². The molecule has 1 aliphatic carbocycles. The molecule has 0 amide bonds. The van der Waals surface area contributed by atoms with Gasteiger partial charge in [-0.1, -0.05) is 20.3 Å². The van der Waals surface area contributed by atoms with Crippen LogP contribution in [0.5, 0.6) is 0 Å². The first-order chi connectivity index (χ1) is 7.49. The highest BCUT2D eigenvalue weighted by atomic mass is 16.3. The van der Waals surface area contributed by atoms with Crippen molar-refractivity contribution in [3.05, 3.63) is 5.82 Å². The summed E-state index contributed by atoms with van der Waals surface area (Å²) in [5.41, 5.74) is 0.238. The number of tetrazole rings is 1.